The molecule has 1 rings (SSSR count). The van der Waals surface area contributed by atoms with E-state index in [9.17, 15) is 0 Å². The van der Waals surface area contributed by atoms with Crippen LogP contribution in [0.2, 0.25) is 0 Å². The minimum absolute atomic E-state index is 0.704. The van der Waals surface area contributed by atoms with Crippen LogP contribution in [0.4, 0.5) is 0 Å². The van der Waals surface area contributed by atoms with Crippen LogP contribution in [0, 0.1) is 0 Å². The predicted octanol–water partition coefficient (Wildman–Crippen LogP) is 0.164. The van der Waals surface area contributed by atoms with Gasteiger partial charge in [0.1, 0.15) is 0 Å². The maximum Gasteiger partial charge on any atom is 0.0113 e. The molecule has 0 atom stereocenters. The van der Waals surface area contributed by atoms with Crippen LogP contribution in [0.3, 0.4) is 0 Å². The molecule has 4 nitrogen and oxygen atoms in total. The van der Waals surface area contributed by atoms with E-state index >= 15 is 0 Å². The molecule has 0 aromatic carbocycles. The largest absolute Gasteiger partial charge is 0.314 e. The van der Waals surface area contributed by atoms with Crippen molar-refractivity contribution in [3.8, 4) is 0 Å². The van der Waals surface area contributed by atoms with Crippen molar-refractivity contribution in [2.24, 2.45) is 0 Å². The standard InChI is InChI=1S/C13H30N4/c1-13(2)17-11-9-16(10-12-17)8-6-14-5-7-15(3)4/h13-14H,5-12H2,1-4H3. The zero-order chi connectivity index (χ0) is 12.7. The van der Waals surface area contributed by atoms with Crippen molar-refractivity contribution in [2.45, 2.75) is 19.9 Å². The first-order valence-electron chi connectivity index (χ1n) is 6.91. The van der Waals surface area contributed by atoms with Gasteiger partial charge in [0.2, 0.25) is 0 Å². The molecule has 1 fully saturated rings. The highest BCUT2D eigenvalue weighted by molar-refractivity contribution is 4.74. The summed E-state index contributed by atoms with van der Waals surface area (Å²) >= 11 is 0. The number of hydrogen-bond acceptors (Lipinski definition) is 4. The van der Waals surface area contributed by atoms with Gasteiger partial charge in [0, 0.05) is 58.4 Å². The second-order valence-corrected chi connectivity index (χ2v) is 5.52. The molecule has 1 heterocycles. The number of piperazine rings is 1. The minimum Gasteiger partial charge on any atom is -0.314 e. The lowest BCUT2D eigenvalue weighted by Gasteiger charge is -2.36. The third-order valence-electron chi connectivity index (χ3n) is 3.48. The highest BCUT2D eigenvalue weighted by Gasteiger charge is 2.17. The number of hydrogen-bond donors (Lipinski definition) is 1. The van der Waals surface area contributed by atoms with Gasteiger partial charge in [0.05, 0.1) is 0 Å². The van der Waals surface area contributed by atoms with Crippen LogP contribution in [-0.2, 0) is 0 Å². The minimum atomic E-state index is 0.704. The lowest BCUT2D eigenvalue weighted by molar-refractivity contribution is 0.109. The second kappa shape index (κ2) is 8.03. The molecule has 1 N–H and O–H groups in total. The average Bonchev–Trinajstić information content (AvgIpc) is 2.29. The Morgan fingerprint density at radius 2 is 1.71 bits per heavy atom. The number of nitrogens with zero attached hydrogens (tertiary/aromatic N) is 3. The summed E-state index contributed by atoms with van der Waals surface area (Å²) in [5.74, 6) is 0. The highest BCUT2D eigenvalue weighted by Crippen LogP contribution is 2.04. The number of likely N-dealkylation sites (N-methyl/N-ethyl adjacent to an activating group) is 1. The Bertz CT molecular complexity index is 186. The Morgan fingerprint density at radius 1 is 1.06 bits per heavy atom. The van der Waals surface area contributed by atoms with E-state index in [1.54, 1.807) is 0 Å². The maximum atomic E-state index is 3.50. The Balaban J connectivity index is 1.99. The molecule has 1 saturated heterocycles. The van der Waals surface area contributed by atoms with Crippen LogP contribution < -0.4 is 5.32 Å². The van der Waals surface area contributed by atoms with Gasteiger partial charge in [-0.1, -0.05) is 0 Å². The SMILES string of the molecule is CC(C)N1CCN(CCNCCN(C)C)CC1. The summed E-state index contributed by atoms with van der Waals surface area (Å²) in [6.07, 6.45) is 0. The molecule has 0 aliphatic carbocycles. The monoisotopic (exact) mass is 242 g/mol. The summed E-state index contributed by atoms with van der Waals surface area (Å²) in [6, 6.07) is 0.704. The number of nitrogens with one attached hydrogen (secondary N) is 1. The summed E-state index contributed by atoms with van der Waals surface area (Å²) in [6.45, 7) is 14.0. The van der Waals surface area contributed by atoms with Crippen molar-refractivity contribution >= 4 is 0 Å². The van der Waals surface area contributed by atoms with E-state index in [0.29, 0.717) is 6.04 Å². The van der Waals surface area contributed by atoms with E-state index in [1.807, 2.05) is 0 Å². The lowest BCUT2D eigenvalue weighted by atomic mass is 10.2. The van der Waals surface area contributed by atoms with Crippen LogP contribution in [0.25, 0.3) is 0 Å². The van der Waals surface area contributed by atoms with Crippen LogP contribution in [-0.4, -0.2) is 87.2 Å². The summed E-state index contributed by atoms with van der Waals surface area (Å²) in [5.41, 5.74) is 0. The Kier molecular flexibility index (Phi) is 7.04. The second-order valence-electron chi connectivity index (χ2n) is 5.52. The zero-order valence-electron chi connectivity index (χ0n) is 12.1. The molecule has 1 aliphatic rings. The van der Waals surface area contributed by atoms with Crippen molar-refractivity contribution in [3.63, 3.8) is 0 Å². The van der Waals surface area contributed by atoms with Crippen molar-refractivity contribution in [3.05, 3.63) is 0 Å². The van der Waals surface area contributed by atoms with Gasteiger partial charge in [-0.05, 0) is 27.9 Å². The molecular weight excluding hydrogens is 212 g/mol. The summed E-state index contributed by atoms with van der Waals surface area (Å²) in [7, 11) is 4.24. The van der Waals surface area contributed by atoms with E-state index in [1.165, 1.54) is 32.7 Å². The third kappa shape index (κ3) is 6.36. The van der Waals surface area contributed by atoms with Gasteiger partial charge in [-0.3, -0.25) is 9.80 Å². The lowest BCUT2D eigenvalue weighted by Crippen LogP contribution is -2.50. The highest BCUT2D eigenvalue weighted by atomic mass is 15.3. The quantitative estimate of drug-likeness (QED) is 0.642. The molecule has 0 aromatic heterocycles. The normalized spacial score (nSPS) is 19.4. The summed E-state index contributed by atoms with van der Waals surface area (Å²) in [5, 5.41) is 3.50. The van der Waals surface area contributed by atoms with Gasteiger partial charge in [-0.25, -0.2) is 0 Å². The number of rotatable bonds is 7. The van der Waals surface area contributed by atoms with Gasteiger partial charge in [-0.15, -0.1) is 0 Å². The van der Waals surface area contributed by atoms with Crippen LogP contribution in [0.1, 0.15) is 13.8 Å². The Hall–Kier alpha value is -0.160. The molecule has 0 bridgehead atoms. The van der Waals surface area contributed by atoms with Crippen molar-refractivity contribution in [1.29, 1.82) is 0 Å². The molecule has 0 amide bonds. The predicted molar refractivity (Wildman–Crippen MR) is 74.6 cm³/mol. The first kappa shape index (κ1) is 14.9. The molecule has 102 valence electrons. The zero-order valence-corrected chi connectivity index (χ0v) is 12.1. The van der Waals surface area contributed by atoms with E-state index in [4.69, 9.17) is 0 Å². The van der Waals surface area contributed by atoms with Crippen LogP contribution in [0.15, 0.2) is 0 Å². The van der Waals surface area contributed by atoms with E-state index in [0.717, 1.165) is 19.6 Å². The molecule has 1 aliphatic heterocycles. The van der Waals surface area contributed by atoms with Crippen molar-refractivity contribution < 1.29 is 0 Å². The van der Waals surface area contributed by atoms with Gasteiger partial charge >= 0.3 is 0 Å². The van der Waals surface area contributed by atoms with Gasteiger partial charge < -0.3 is 10.2 Å². The molecule has 0 spiro atoms. The average molecular weight is 242 g/mol. The topological polar surface area (TPSA) is 21.8 Å². The molecule has 0 saturated carbocycles. The first-order chi connectivity index (χ1) is 8.09. The molecule has 0 aromatic rings. The molecule has 17 heavy (non-hydrogen) atoms. The fraction of sp³-hybridized carbons (Fsp3) is 1.00. The Morgan fingerprint density at radius 3 is 2.24 bits per heavy atom. The van der Waals surface area contributed by atoms with E-state index in [-0.39, 0.29) is 0 Å². The smallest absolute Gasteiger partial charge is 0.0113 e. The van der Waals surface area contributed by atoms with Gasteiger partial charge in [0.15, 0.2) is 0 Å². The third-order valence-corrected chi connectivity index (χ3v) is 3.48. The van der Waals surface area contributed by atoms with Gasteiger partial charge in [-0.2, -0.15) is 0 Å². The molecular formula is C13H30N4. The van der Waals surface area contributed by atoms with Crippen LogP contribution >= 0.6 is 0 Å². The maximum absolute atomic E-state index is 3.50. The van der Waals surface area contributed by atoms with E-state index < -0.39 is 0 Å². The molecule has 0 radical (unpaired) electrons. The van der Waals surface area contributed by atoms with Crippen LogP contribution in [0.5, 0.6) is 0 Å². The first-order valence-corrected chi connectivity index (χ1v) is 6.91. The molecule has 0 unspecified atom stereocenters. The van der Waals surface area contributed by atoms with Gasteiger partial charge in [0.25, 0.3) is 0 Å². The fourth-order valence-corrected chi connectivity index (χ4v) is 2.17. The van der Waals surface area contributed by atoms with Crippen molar-refractivity contribution in [2.75, 3.05) is 66.5 Å². The van der Waals surface area contributed by atoms with Crippen molar-refractivity contribution in [1.82, 2.24) is 20.0 Å². The fourth-order valence-electron chi connectivity index (χ4n) is 2.17. The summed E-state index contributed by atoms with van der Waals surface area (Å²) < 4.78 is 0. The van der Waals surface area contributed by atoms with E-state index in [2.05, 4.69) is 48.0 Å². The summed E-state index contributed by atoms with van der Waals surface area (Å²) in [4.78, 5) is 7.35. The Labute approximate surface area is 107 Å². The molecule has 4 heteroatoms.